The molecule has 0 aromatic carbocycles. The van der Waals surface area contributed by atoms with Gasteiger partial charge in [-0.25, -0.2) is 9.97 Å². The second-order valence-corrected chi connectivity index (χ2v) is 4.92. The van der Waals surface area contributed by atoms with Gasteiger partial charge >= 0.3 is 0 Å². The average Bonchev–Trinajstić information content (AvgIpc) is 3.14. The Labute approximate surface area is 109 Å². The van der Waals surface area contributed by atoms with Crippen molar-refractivity contribution in [3.63, 3.8) is 0 Å². The van der Waals surface area contributed by atoms with E-state index in [4.69, 9.17) is 5.73 Å². The maximum Gasteiger partial charge on any atom is 0.134 e. The molecule has 18 heavy (non-hydrogen) atoms. The minimum atomic E-state index is 0.569. The van der Waals surface area contributed by atoms with Crippen LogP contribution < -0.4 is 11.1 Å². The number of hydrogen-bond donors (Lipinski definition) is 2. The Morgan fingerprint density at radius 3 is 2.67 bits per heavy atom. The van der Waals surface area contributed by atoms with Crippen LogP contribution in [0.3, 0.4) is 0 Å². The van der Waals surface area contributed by atoms with E-state index < -0.39 is 0 Å². The van der Waals surface area contributed by atoms with E-state index in [0.29, 0.717) is 5.82 Å². The number of hydrogen-bond acceptors (Lipinski definition) is 5. The molecule has 0 aliphatic heterocycles. The third-order valence-corrected chi connectivity index (χ3v) is 3.46. The summed E-state index contributed by atoms with van der Waals surface area (Å²) in [4.78, 5) is 11.1. The van der Waals surface area contributed by atoms with Crippen molar-refractivity contribution in [1.82, 2.24) is 14.9 Å². The predicted octanol–water partition coefficient (Wildman–Crippen LogP) is 1.57. The SMILES string of the molecule is CCN(CCNc1nc(C)nc(N)c1C)C1CC1. The summed E-state index contributed by atoms with van der Waals surface area (Å²) in [6.45, 7) is 9.12. The van der Waals surface area contributed by atoms with E-state index >= 15 is 0 Å². The van der Waals surface area contributed by atoms with Gasteiger partial charge in [-0.2, -0.15) is 0 Å². The molecule has 3 N–H and O–H groups in total. The summed E-state index contributed by atoms with van der Waals surface area (Å²) >= 11 is 0. The van der Waals surface area contributed by atoms with Gasteiger partial charge in [0, 0.05) is 24.7 Å². The molecule has 1 aromatic rings. The molecule has 1 aromatic heterocycles. The van der Waals surface area contributed by atoms with Crippen LogP contribution in [0, 0.1) is 13.8 Å². The van der Waals surface area contributed by atoms with Crippen molar-refractivity contribution in [3.05, 3.63) is 11.4 Å². The lowest BCUT2D eigenvalue weighted by molar-refractivity contribution is 0.289. The van der Waals surface area contributed by atoms with Crippen molar-refractivity contribution in [2.45, 2.75) is 39.7 Å². The third-order valence-electron chi connectivity index (χ3n) is 3.46. The second kappa shape index (κ2) is 5.52. The first-order chi connectivity index (χ1) is 8.61. The molecule has 100 valence electrons. The fourth-order valence-electron chi connectivity index (χ4n) is 2.18. The van der Waals surface area contributed by atoms with Crippen molar-refractivity contribution in [2.75, 3.05) is 30.7 Å². The van der Waals surface area contributed by atoms with Crippen molar-refractivity contribution < 1.29 is 0 Å². The van der Waals surface area contributed by atoms with Crippen LogP contribution in [-0.4, -0.2) is 40.5 Å². The summed E-state index contributed by atoms with van der Waals surface area (Å²) < 4.78 is 0. The van der Waals surface area contributed by atoms with Gasteiger partial charge in [-0.05, 0) is 33.2 Å². The first kappa shape index (κ1) is 13.1. The largest absolute Gasteiger partial charge is 0.383 e. The molecule has 1 aliphatic rings. The molecule has 0 amide bonds. The standard InChI is InChI=1S/C13H23N5/c1-4-18(11-5-6-11)8-7-15-13-9(2)12(14)16-10(3)17-13/h11H,4-8H2,1-3H3,(H3,14,15,16,17). The van der Waals surface area contributed by atoms with E-state index in [1.807, 2.05) is 13.8 Å². The monoisotopic (exact) mass is 249 g/mol. The molecule has 0 atom stereocenters. The number of nitrogens with two attached hydrogens (primary N) is 1. The fraction of sp³-hybridized carbons (Fsp3) is 0.692. The predicted molar refractivity (Wildman–Crippen MR) is 74.7 cm³/mol. The Hall–Kier alpha value is -1.36. The number of likely N-dealkylation sites (N-methyl/N-ethyl adjacent to an activating group) is 1. The van der Waals surface area contributed by atoms with Crippen molar-refractivity contribution >= 4 is 11.6 Å². The van der Waals surface area contributed by atoms with Gasteiger partial charge in [0.15, 0.2) is 0 Å². The highest BCUT2D eigenvalue weighted by atomic mass is 15.2. The Bertz CT molecular complexity index is 414. The molecule has 5 nitrogen and oxygen atoms in total. The third kappa shape index (κ3) is 3.10. The Morgan fingerprint density at radius 2 is 2.06 bits per heavy atom. The zero-order valence-corrected chi connectivity index (χ0v) is 11.5. The summed E-state index contributed by atoms with van der Waals surface area (Å²) in [5, 5.41) is 3.37. The van der Waals surface area contributed by atoms with Crippen molar-refractivity contribution in [1.29, 1.82) is 0 Å². The molecule has 0 saturated heterocycles. The highest BCUT2D eigenvalue weighted by Gasteiger charge is 2.27. The maximum absolute atomic E-state index is 5.84. The van der Waals surface area contributed by atoms with E-state index in [1.165, 1.54) is 12.8 Å². The van der Waals surface area contributed by atoms with E-state index in [1.54, 1.807) is 0 Å². The van der Waals surface area contributed by atoms with Crippen LogP contribution in [0.4, 0.5) is 11.6 Å². The summed E-state index contributed by atoms with van der Waals surface area (Å²) in [7, 11) is 0. The van der Waals surface area contributed by atoms with Gasteiger partial charge in [0.2, 0.25) is 0 Å². The Kier molecular flexibility index (Phi) is 4.01. The van der Waals surface area contributed by atoms with Crippen LogP contribution in [0.1, 0.15) is 31.2 Å². The fourth-order valence-corrected chi connectivity index (χ4v) is 2.18. The molecule has 1 heterocycles. The second-order valence-electron chi connectivity index (χ2n) is 4.92. The first-order valence-electron chi connectivity index (χ1n) is 6.70. The molecule has 1 fully saturated rings. The van der Waals surface area contributed by atoms with Gasteiger partial charge in [0.25, 0.3) is 0 Å². The highest BCUT2D eigenvalue weighted by Crippen LogP contribution is 2.26. The number of nitrogens with one attached hydrogen (secondary N) is 1. The lowest BCUT2D eigenvalue weighted by Gasteiger charge is -2.20. The molecule has 0 unspecified atom stereocenters. The molecule has 0 spiro atoms. The van der Waals surface area contributed by atoms with Crippen LogP contribution >= 0.6 is 0 Å². The normalized spacial score (nSPS) is 15.1. The van der Waals surface area contributed by atoms with Gasteiger partial charge in [-0.1, -0.05) is 6.92 Å². The van der Waals surface area contributed by atoms with Gasteiger partial charge in [0.1, 0.15) is 17.5 Å². The van der Waals surface area contributed by atoms with Gasteiger partial charge in [0.05, 0.1) is 0 Å². The quantitative estimate of drug-likeness (QED) is 0.801. The smallest absolute Gasteiger partial charge is 0.134 e. The number of anilines is 2. The number of aromatic nitrogens is 2. The summed E-state index contributed by atoms with van der Waals surface area (Å²) in [5.41, 5.74) is 6.78. The zero-order valence-electron chi connectivity index (χ0n) is 11.5. The zero-order chi connectivity index (χ0) is 13.1. The molecule has 0 bridgehead atoms. The minimum Gasteiger partial charge on any atom is -0.383 e. The maximum atomic E-state index is 5.84. The van der Waals surface area contributed by atoms with Crippen LogP contribution in [0.25, 0.3) is 0 Å². The summed E-state index contributed by atoms with van der Waals surface area (Å²) in [5.74, 6) is 2.15. The molecule has 1 saturated carbocycles. The molecule has 0 radical (unpaired) electrons. The van der Waals surface area contributed by atoms with Crippen molar-refractivity contribution in [3.8, 4) is 0 Å². The van der Waals surface area contributed by atoms with Crippen molar-refractivity contribution in [2.24, 2.45) is 0 Å². The number of aryl methyl sites for hydroxylation is 1. The van der Waals surface area contributed by atoms with Gasteiger partial charge in [-0.3, -0.25) is 4.90 Å². The number of rotatable bonds is 6. The molecule has 5 heteroatoms. The highest BCUT2D eigenvalue weighted by molar-refractivity contribution is 5.54. The lowest BCUT2D eigenvalue weighted by atomic mass is 10.3. The molecular formula is C13H23N5. The Morgan fingerprint density at radius 1 is 1.33 bits per heavy atom. The average molecular weight is 249 g/mol. The number of nitrogen functional groups attached to an aromatic ring is 1. The molecule has 2 rings (SSSR count). The van der Waals surface area contributed by atoms with Crippen LogP contribution in [0.2, 0.25) is 0 Å². The van der Waals surface area contributed by atoms with E-state index in [-0.39, 0.29) is 0 Å². The van der Waals surface area contributed by atoms with Gasteiger partial charge in [-0.15, -0.1) is 0 Å². The summed E-state index contributed by atoms with van der Waals surface area (Å²) in [6.07, 6.45) is 2.71. The molecule has 1 aliphatic carbocycles. The van der Waals surface area contributed by atoms with Crippen LogP contribution in [0.15, 0.2) is 0 Å². The van der Waals surface area contributed by atoms with Crippen LogP contribution in [0.5, 0.6) is 0 Å². The first-order valence-corrected chi connectivity index (χ1v) is 6.70. The number of nitrogens with zero attached hydrogens (tertiary/aromatic N) is 3. The minimum absolute atomic E-state index is 0.569. The molecular weight excluding hydrogens is 226 g/mol. The van der Waals surface area contributed by atoms with Gasteiger partial charge < -0.3 is 11.1 Å². The van der Waals surface area contributed by atoms with E-state index in [9.17, 15) is 0 Å². The lowest BCUT2D eigenvalue weighted by Crippen LogP contribution is -2.31. The topological polar surface area (TPSA) is 67.1 Å². The van der Waals surface area contributed by atoms with E-state index in [2.05, 4.69) is 27.1 Å². The van der Waals surface area contributed by atoms with E-state index in [0.717, 1.165) is 42.9 Å². The Balaban J connectivity index is 1.89. The summed E-state index contributed by atoms with van der Waals surface area (Å²) in [6, 6.07) is 0.815. The van der Waals surface area contributed by atoms with Crippen LogP contribution in [-0.2, 0) is 0 Å².